The quantitative estimate of drug-likeness (QED) is 0.845. The van der Waals surface area contributed by atoms with Gasteiger partial charge in [-0.1, -0.05) is 6.92 Å². The monoisotopic (exact) mass is 289 g/mol. The van der Waals surface area contributed by atoms with Crippen molar-refractivity contribution in [2.45, 2.75) is 27.3 Å². The molecule has 2 rings (SSSR count). The third-order valence-electron chi connectivity index (χ3n) is 3.11. The van der Waals surface area contributed by atoms with Crippen LogP contribution in [0.3, 0.4) is 0 Å². The minimum absolute atomic E-state index is 0.202. The molecule has 7 heteroatoms. The Morgan fingerprint density at radius 1 is 1.43 bits per heavy atom. The van der Waals surface area contributed by atoms with E-state index in [0.717, 1.165) is 17.9 Å². The van der Waals surface area contributed by atoms with Gasteiger partial charge in [0, 0.05) is 24.8 Å². The number of hydrogen-bond donors (Lipinski definition) is 2. The summed E-state index contributed by atoms with van der Waals surface area (Å²) in [5.74, 6) is -0.0684. The molecule has 2 aromatic heterocycles. The maximum Gasteiger partial charge on any atom is 0.271 e. The lowest BCUT2D eigenvalue weighted by Crippen LogP contribution is -2.31. The number of aromatic amines is 1. The number of carbonyl (C=O) groups is 1. The normalized spacial score (nSPS) is 12.1. The fraction of sp³-hybridized carbons (Fsp3) is 0.429. The van der Waals surface area contributed by atoms with E-state index in [-0.39, 0.29) is 23.1 Å². The number of aromatic nitrogens is 4. The molecule has 2 heterocycles. The second-order valence-corrected chi connectivity index (χ2v) is 5.23. The molecule has 7 nitrogen and oxygen atoms in total. The van der Waals surface area contributed by atoms with Crippen LogP contribution in [0.4, 0.5) is 0 Å². The second-order valence-electron chi connectivity index (χ2n) is 5.23. The Morgan fingerprint density at radius 2 is 2.19 bits per heavy atom. The SMILES string of the molecule is Cc1cc(C)n(C[C@H](C)CNC(=O)c2ccc(=O)[nH]n2)n1. The van der Waals surface area contributed by atoms with Crippen molar-refractivity contribution in [3.8, 4) is 0 Å². The summed E-state index contributed by atoms with van der Waals surface area (Å²) in [7, 11) is 0. The van der Waals surface area contributed by atoms with Gasteiger partial charge in [-0.2, -0.15) is 10.2 Å². The molecule has 21 heavy (non-hydrogen) atoms. The highest BCUT2D eigenvalue weighted by atomic mass is 16.2. The van der Waals surface area contributed by atoms with Crippen LogP contribution in [0.15, 0.2) is 23.0 Å². The smallest absolute Gasteiger partial charge is 0.271 e. The van der Waals surface area contributed by atoms with Crippen molar-refractivity contribution < 1.29 is 4.79 Å². The lowest BCUT2D eigenvalue weighted by Gasteiger charge is -2.13. The second kappa shape index (κ2) is 6.34. The number of carbonyl (C=O) groups excluding carboxylic acids is 1. The summed E-state index contributed by atoms with van der Waals surface area (Å²) in [4.78, 5) is 22.8. The van der Waals surface area contributed by atoms with Gasteiger partial charge in [-0.15, -0.1) is 0 Å². The lowest BCUT2D eigenvalue weighted by molar-refractivity contribution is 0.0940. The van der Waals surface area contributed by atoms with Crippen LogP contribution in [0.1, 0.15) is 28.8 Å². The minimum Gasteiger partial charge on any atom is -0.350 e. The molecule has 0 unspecified atom stereocenters. The van der Waals surface area contributed by atoms with Crippen molar-refractivity contribution in [3.05, 3.63) is 45.6 Å². The fourth-order valence-electron chi connectivity index (χ4n) is 2.05. The molecule has 1 atom stereocenters. The summed E-state index contributed by atoms with van der Waals surface area (Å²) in [6.45, 7) is 7.25. The van der Waals surface area contributed by atoms with Crippen molar-refractivity contribution >= 4 is 5.91 Å². The molecule has 0 spiro atoms. The molecule has 1 amide bonds. The molecular formula is C14H19N5O2. The summed E-state index contributed by atoms with van der Waals surface area (Å²) in [5.41, 5.74) is 1.96. The largest absolute Gasteiger partial charge is 0.350 e. The van der Waals surface area contributed by atoms with E-state index < -0.39 is 0 Å². The predicted octanol–water partition coefficient (Wildman–Crippen LogP) is 0.649. The van der Waals surface area contributed by atoms with Gasteiger partial charge in [0.05, 0.1) is 5.69 Å². The number of nitrogens with zero attached hydrogens (tertiary/aromatic N) is 3. The van der Waals surface area contributed by atoms with E-state index in [4.69, 9.17) is 0 Å². The molecule has 0 aliphatic rings. The standard InChI is InChI=1S/C14H19N5O2/c1-9(8-19-11(3)6-10(2)18-19)7-15-14(21)12-4-5-13(20)17-16-12/h4-6,9H,7-8H2,1-3H3,(H,15,21)(H,17,20)/t9-/m1/s1. The Morgan fingerprint density at radius 3 is 2.76 bits per heavy atom. The van der Waals surface area contributed by atoms with E-state index in [1.807, 2.05) is 31.5 Å². The van der Waals surface area contributed by atoms with Gasteiger partial charge >= 0.3 is 0 Å². The summed E-state index contributed by atoms with van der Waals surface area (Å²) >= 11 is 0. The molecule has 112 valence electrons. The summed E-state index contributed by atoms with van der Waals surface area (Å²) in [6, 6.07) is 4.70. The van der Waals surface area contributed by atoms with E-state index in [2.05, 4.69) is 20.6 Å². The van der Waals surface area contributed by atoms with Crippen molar-refractivity contribution in [3.63, 3.8) is 0 Å². The number of nitrogens with one attached hydrogen (secondary N) is 2. The maximum absolute atomic E-state index is 11.9. The maximum atomic E-state index is 11.9. The van der Waals surface area contributed by atoms with E-state index in [9.17, 15) is 9.59 Å². The number of rotatable bonds is 5. The van der Waals surface area contributed by atoms with Gasteiger partial charge in [-0.3, -0.25) is 14.3 Å². The highest BCUT2D eigenvalue weighted by molar-refractivity contribution is 5.91. The first-order valence-electron chi connectivity index (χ1n) is 6.80. The molecule has 2 N–H and O–H groups in total. The lowest BCUT2D eigenvalue weighted by atomic mass is 10.2. The average molecular weight is 289 g/mol. The number of amides is 1. The van der Waals surface area contributed by atoms with E-state index in [0.29, 0.717) is 6.54 Å². The fourth-order valence-corrected chi connectivity index (χ4v) is 2.05. The van der Waals surface area contributed by atoms with Crippen LogP contribution >= 0.6 is 0 Å². The van der Waals surface area contributed by atoms with Crippen molar-refractivity contribution in [2.75, 3.05) is 6.54 Å². The zero-order valence-corrected chi connectivity index (χ0v) is 12.4. The highest BCUT2D eigenvalue weighted by Gasteiger charge is 2.11. The van der Waals surface area contributed by atoms with Gasteiger partial charge in [0.25, 0.3) is 11.5 Å². The first-order valence-corrected chi connectivity index (χ1v) is 6.80. The Labute approximate surface area is 122 Å². The van der Waals surface area contributed by atoms with E-state index >= 15 is 0 Å². The molecule has 0 bridgehead atoms. The van der Waals surface area contributed by atoms with E-state index in [1.54, 1.807) is 0 Å². The third kappa shape index (κ3) is 4.01. The van der Waals surface area contributed by atoms with Gasteiger partial charge in [0.2, 0.25) is 0 Å². The van der Waals surface area contributed by atoms with Crippen LogP contribution in [0.2, 0.25) is 0 Å². The Kier molecular flexibility index (Phi) is 4.52. The zero-order chi connectivity index (χ0) is 15.4. The van der Waals surface area contributed by atoms with Crippen LogP contribution in [-0.2, 0) is 6.54 Å². The van der Waals surface area contributed by atoms with Crippen molar-refractivity contribution in [2.24, 2.45) is 5.92 Å². The van der Waals surface area contributed by atoms with Crippen LogP contribution in [0.5, 0.6) is 0 Å². The van der Waals surface area contributed by atoms with Crippen molar-refractivity contribution in [1.82, 2.24) is 25.3 Å². The first kappa shape index (κ1) is 15.0. The Bertz CT molecular complexity index is 668. The van der Waals surface area contributed by atoms with Gasteiger partial charge in [0.1, 0.15) is 5.69 Å². The summed E-state index contributed by atoms with van der Waals surface area (Å²) < 4.78 is 1.93. The molecular weight excluding hydrogens is 270 g/mol. The molecule has 2 aromatic rings. The van der Waals surface area contributed by atoms with Crippen molar-refractivity contribution in [1.29, 1.82) is 0 Å². The third-order valence-corrected chi connectivity index (χ3v) is 3.11. The number of hydrogen-bond acceptors (Lipinski definition) is 4. The highest BCUT2D eigenvalue weighted by Crippen LogP contribution is 2.06. The van der Waals surface area contributed by atoms with Crippen LogP contribution in [0.25, 0.3) is 0 Å². The van der Waals surface area contributed by atoms with Crippen LogP contribution < -0.4 is 10.9 Å². The van der Waals surface area contributed by atoms with Gasteiger partial charge in [0.15, 0.2) is 0 Å². The molecule has 0 aromatic carbocycles. The molecule has 0 radical (unpaired) electrons. The molecule has 0 aliphatic heterocycles. The zero-order valence-electron chi connectivity index (χ0n) is 12.4. The van der Waals surface area contributed by atoms with Gasteiger partial charge in [-0.25, -0.2) is 5.10 Å². The topological polar surface area (TPSA) is 92.7 Å². The average Bonchev–Trinajstić information content (AvgIpc) is 2.75. The van der Waals surface area contributed by atoms with Gasteiger partial charge in [-0.05, 0) is 31.9 Å². The van der Waals surface area contributed by atoms with E-state index in [1.165, 1.54) is 12.1 Å². The molecule has 0 aliphatic carbocycles. The molecule has 0 fully saturated rings. The number of H-pyrrole nitrogens is 1. The minimum atomic E-state index is -0.329. The van der Waals surface area contributed by atoms with Gasteiger partial charge < -0.3 is 5.32 Å². The summed E-state index contributed by atoms with van der Waals surface area (Å²) in [6.07, 6.45) is 0. The molecule has 0 saturated carbocycles. The van der Waals surface area contributed by atoms with Crippen LogP contribution in [-0.4, -0.2) is 32.4 Å². The predicted molar refractivity (Wildman–Crippen MR) is 78.1 cm³/mol. The van der Waals surface area contributed by atoms with Crippen LogP contribution in [0, 0.1) is 19.8 Å². The number of aryl methyl sites for hydroxylation is 2. The Balaban J connectivity index is 1.87. The summed E-state index contributed by atoms with van der Waals surface area (Å²) in [5, 5.41) is 13.1. The Hall–Kier alpha value is -2.44. The first-order chi connectivity index (χ1) is 9.95. The molecule has 0 saturated heterocycles.